The molecule has 0 aliphatic carbocycles. The summed E-state index contributed by atoms with van der Waals surface area (Å²) in [6.45, 7) is 0.0912. The van der Waals surface area contributed by atoms with Gasteiger partial charge in [0.1, 0.15) is 10.1 Å². The molecular formula is C18H14ClN3O4S2. The molecule has 144 valence electrons. The van der Waals surface area contributed by atoms with Crippen molar-refractivity contribution in [3.63, 3.8) is 0 Å². The lowest BCUT2D eigenvalue weighted by Crippen LogP contribution is -2.43. The standard InChI is InChI=1S/C18H14ClN3O4S2/c19-13-6-2-1-5-12(13)16(24)21-20-15(23)7-8-22-17(25)14(28-18(22)27)10-11-4-3-9-26-11/h1-6,9-10H,7-8H2,(H,20,23)(H,21,24)/b14-10+. The molecule has 1 aromatic carbocycles. The Morgan fingerprint density at radius 1 is 1.21 bits per heavy atom. The lowest BCUT2D eigenvalue weighted by Gasteiger charge is -2.14. The molecule has 2 heterocycles. The van der Waals surface area contributed by atoms with Crippen LogP contribution < -0.4 is 10.9 Å². The number of nitrogens with one attached hydrogen (secondary N) is 2. The second-order valence-electron chi connectivity index (χ2n) is 5.58. The highest BCUT2D eigenvalue weighted by molar-refractivity contribution is 8.26. The number of benzene rings is 1. The monoisotopic (exact) mass is 435 g/mol. The van der Waals surface area contributed by atoms with E-state index >= 15 is 0 Å². The summed E-state index contributed by atoms with van der Waals surface area (Å²) >= 11 is 12.3. The Hall–Kier alpha value is -2.62. The number of carbonyl (C=O) groups excluding carboxylic acids is 3. The van der Waals surface area contributed by atoms with Crippen molar-refractivity contribution in [2.24, 2.45) is 0 Å². The summed E-state index contributed by atoms with van der Waals surface area (Å²) in [6, 6.07) is 9.91. The summed E-state index contributed by atoms with van der Waals surface area (Å²) in [5.41, 5.74) is 4.82. The van der Waals surface area contributed by atoms with Crippen LogP contribution in [0.25, 0.3) is 6.08 Å². The van der Waals surface area contributed by atoms with Gasteiger partial charge in [0.2, 0.25) is 5.91 Å². The van der Waals surface area contributed by atoms with E-state index in [1.54, 1.807) is 36.4 Å². The van der Waals surface area contributed by atoms with E-state index in [4.69, 9.17) is 28.2 Å². The number of thioether (sulfide) groups is 1. The summed E-state index contributed by atoms with van der Waals surface area (Å²) < 4.78 is 5.55. The first kappa shape index (κ1) is 20.1. The largest absolute Gasteiger partial charge is 0.465 e. The van der Waals surface area contributed by atoms with Gasteiger partial charge in [-0.1, -0.05) is 47.7 Å². The minimum Gasteiger partial charge on any atom is -0.465 e. The van der Waals surface area contributed by atoms with Crippen molar-refractivity contribution in [2.75, 3.05) is 6.54 Å². The Bertz CT molecular complexity index is 960. The molecule has 0 bridgehead atoms. The fraction of sp³-hybridized carbons (Fsp3) is 0.111. The molecule has 2 N–H and O–H groups in total. The van der Waals surface area contributed by atoms with Gasteiger partial charge in [0.05, 0.1) is 21.8 Å². The van der Waals surface area contributed by atoms with E-state index < -0.39 is 11.8 Å². The molecule has 0 unspecified atom stereocenters. The number of halogens is 1. The second-order valence-corrected chi connectivity index (χ2v) is 7.66. The Morgan fingerprint density at radius 2 is 2.00 bits per heavy atom. The molecule has 0 atom stereocenters. The van der Waals surface area contributed by atoms with Crippen LogP contribution in [0.3, 0.4) is 0 Å². The van der Waals surface area contributed by atoms with Crippen molar-refractivity contribution < 1.29 is 18.8 Å². The summed E-state index contributed by atoms with van der Waals surface area (Å²) in [6.07, 6.45) is 3.07. The fourth-order valence-corrected chi connectivity index (χ4v) is 3.82. The van der Waals surface area contributed by atoms with E-state index in [0.717, 1.165) is 11.8 Å². The van der Waals surface area contributed by atoms with Gasteiger partial charge in [-0.3, -0.25) is 30.1 Å². The van der Waals surface area contributed by atoms with Crippen molar-refractivity contribution in [3.05, 3.63) is 63.9 Å². The van der Waals surface area contributed by atoms with Crippen LogP contribution in [0.15, 0.2) is 52.0 Å². The number of carbonyl (C=O) groups is 3. The van der Waals surface area contributed by atoms with Gasteiger partial charge < -0.3 is 4.42 Å². The maximum Gasteiger partial charge on any atom is 0.271 e. The maximum absolute atomic E-state index is 12.4. The van der Waals surface area contributed by atoms with Gasteiger partial charge in [-0.2, -0.15) is 0 Å². The van der Waals surface area contributed by atoms with Crippen molar-refractivity contribution in [1.82, 2.24) is 15.8 Å². The average molecular weight is 436 g/mol. The minimum atomic E-state index is -0.536. The van der Waals surface area contributed by atoms with Crippen molar-refractivity contribution in [1.29, 1.82) is 0 Å². The number of thiocarbonyl (C=S) groups is 1. The van der Waals surface area contributed by atoms with E-state index in [9.17, 15) is 14.4 Å². The minimum absolute atomic E-state index is 0.0384. The zero-order valence-corrected chi connectivity index (χ0v) is 16.7. The van der Waals surface area contributed by atoms with E-state index in [-0.39, 0.29) is 29.5 Å². The Morgan fingerprint density at radius 3 is 2.71 bits per heavy atom. The molecule has 3 rings (SSSR count). The lowest BCUT2D eigenvalue weighted by atomic mass is 10.2. The quantitative estimate of drug-likeness (QED) is 0.426. The molecule has 0 radical (unpaired) electrons. The molecule has 1 aliphatic heterocycles. The van der Waals surface area contributed by atoms with Crippen molar-refractivity contribution in [2.45, 2.75) is 6.42 Å². The number of rotatable bonds is 5. The fourth-order valence-electron chi connectivity index (χ4n) is 2.31. The van der Waals surface area contributed by atoms with E-state index in [0.29, 0.717) is 15.0 Å². The van der Waals surface area contributed by atoms with Gasteiger partial charge in [0.25, 0.3) is 11.8 Å². The highest BCUT2D eigenvalue weighted by Gasteiger charge is 2.32. The third kappa shape index (κ3) is 4.80. The Labute approximate surface area is 175 Å². The van der Waals surface area contributed by atoms with Gasteiger partial charge >= 0.3 is 0 Å². The lowest BCUT2D eigenvalue weighted by molar-refractivity contribution is -0.124. The molecule has 10 heteroatoms. The van der Waals surface area contributed by atoms with Crippen LogP contribution in [0.5, 0.6) is 0 Å². The highest BCUT2D eigenvalue weighted by atomic mass is 35.5. The Balaban J connectivity index is 1.50. The molecule has 1 saturated heterocycles. The van der Waals surface area contributed by atoms with E-state index in [2.05, 4.69) is 10.9 Å². The first-order valence-electron chi connectivity index (χ1n) is 8.08. The normalized spacial score (nSPS) is 15.2. The van der Waals surface area contributed by atoms with Crippen LogP contribution >= 0.6 is 35.6 Å². The average Bonchev–Trinajstić information content (AvgIpc) is 3.27. The summed E-state index contributed by atoms with van der Waals surface area (Å²) in [4.78, 5) is 38.2. The molecule has 1 aliphatic rings. The number of amides is 3. The summed E-state index contributed by atoms with van der Waals surface area (Å²) in [7, 11) is 0. The van der Waals surface area contributed by atoms with Crippen LogP contribution in [-0.4, -0.2) is 33.5 Å². The summed E-state index contributed by atoms with van der Waals surface area (Å²) in [5, 5.41) is 0.273. The molecule has 0 spiro atoms. The molecule has 0 saturated carbocycles. The first-order chi connectivity index (χ1) is 13.5. The van der Waals surface area contributed by atoms with Gasteiger partial charge in [-0.15, -0.1) is 0 Å². The van der Waals surface area contributed by atoms with Crippen LogP contribution in [0.4, 0.5) is 0 Å². The molecule has 2 aromatic rings. The van der Waals surface area contributed by atoms with Crippen LogP contribution in [0.2, 0.25) is 5.02 Å². The number of hydrogen-bond acceptors (Lipinski definition) is 6. The van der Waals surface area contributed by atoms with Gasteiger partial charge in [0, 0.05) is 19.0 Å². The van der Waals surface area contributed by atoms with Crippen molar-refractivity contribution >= 4 is 63.7 Å². The maximum atomic E-state index is 12.4. The second kappa shape index (κ2) is 9.05. The zero-order chi connectivity index (χ0) is 20.1. The van der Waals surface area contributed by atoms with Gasteiger partial charge in [-0.25, -0.2) is 0 Å². The zero-order valence-electron chi connectivity index (χ0n) is 14.3. The number of hydrazine groups is 1. The van der Waals surface area contributed by atoms with Gasteiger partial charge in [-0.05, 0) is 24.3 Å². The first-order valence-corrected chi connectivity index (χ1v) is 9.68. The molecule has 28 heavy (non-hydrogen) atoms. The van der Waals surface area contributed by atoms with Crippen LogP contribution in [-0.2, 0) is 9.59 Å². The third-order valence-corrected chi connectivity index (χ3v) is 5.39. The van der Waals surface area contributed by atoms with Gasteiger partial charge in [0.15, 0.2) is 0 Å². The predicted molar refractivity (Wildman–Crippen MR) is 110 cm³/mol. The predicted octanol–water partition coefficient (Wildman–Crippen LogP) is 2.99. The van der Waals surface area contributed by atoms with E-state index in [1.165, 1.54) is 17.2 Å². The number of nitrogens with zero attached hydrogens (tertiary/aromatic N) is 1. The molecule has 3 amide bonds. The third-order valence-electron chi connectivity index (χ3n) is 3.69. The molecular weight excluding hydrogens is 422 g/mol. The topological polar surface area (TPSA) is 91.7 Å². The van der Waals surface area contributed by atoms with E-state index in [1.807, 2.05) is 0 Å². The van der Waals surface area contributed by atoms with Crippen LogP contribution in [0, 0.1) is 0 Å². The van der Waals surface area contributed by atoms with Crippen LogP contribution in [0.1, 0.15) is 22.5 Å². The number of furan rings is 1. The molecule has 1 fully saturated rings. The summed E-state index contributed by atoms with van der Waals surface area (Å²) in [5.74, 6) is -0.754. The smallest absolute Gasteiger partial charge is 0.271 e. The molecule has 7 nitrogen and oxygen atoms in total. The van der Waals surface area contributed by atoms with Crippen molar-refractivity contribution in [3.8, 4) is 0 Å². The Kier molecular flexibility index (Phi) is 6.50. The molecule has 1 aromatic heterocycles. The SMILES string of the molecule is O=C(CCN1C(=O)/C(=C\c2ccco2)SC1=S)NNC(=O)c1ccccc1Cl. The number of hydrogen-bond donors (Lipinski definition) is 2. The highest BCUT2D eigenvalue weighted by Crippen LogP contribution is 2.32.